The van der Waals surface area contributed by atoms with Gasteiger partial charge in [-0.3, -0.25) is 0 Å². The summed E-state index contributed by atoms with van der Waals surface area (Å²) in [5, 5.41) is 42.2. The molecule has 0 radical (unpaired) electrons. The molecule has 76 heavy (non-hydrogen) atoms. The monoisotopic (exact) mass is 1150 g/mol. The summed E-state index contributed by atoms with van der Waals surface area (Å²) in [6, 6.07) is 33.4. The zero-order chi connectivity index (χ0) is 56.1. The van der Waals surface area contributed by atoms with Gasteiger partial charge in [0.1, 0.15) is 44.6 Å². The summed E-state index contributed by atoms with van der Waals surface area (Å²) < 4.78 is 54.1. The van der Waals surface area contributed by atoms with Crippen molar-refractivity contribution >= 4 is 57.4 Å². The van der Waals surface area contributed by atoms with Crippen LogP contribution in [0.4, 0.5) is 4.39 Å². The minimum absolute atomic E-state index is 0.0449. The maximum Gasteiger partial charge on any atom is 0.329 e. The van der Waals surface area contributed by atoms with E-state index in [-0.39, 0.29) is 45.7 Å². The second kappa shape index (κ2) is 38.8. The maximum atomic E-state index is 12.6. The van der Waals surface area contributed by atoms with Crippen molar-refractivity contribution in [1.82, 2.24) is 0 Å². The minimum Gasteiger partial charge on any atom is -0.496 e. The number of rotatable bonds is 27. The van der Waals surface area contributed by atoms with E-state index in [2.05, 4.69) is 28.1 Å². The summed E-state index contributed by atoms with van der Waals surface area (Å²) in [6.07, 6.45) is 5.14. The van der Waals surface area contributed by atoms with E-state index >= 15 is 0 Å². The molecule has 18 nitrogen and oxygen atoms in total. The van der Waals surface area contributed by atoms with Crippen LogP contribution in [0.25, 0.3) is 0 Å². The molecule has 0 aromatic heterocycles. The minimum atomic E-state index is -1.01. The zero-order valence-corrected chi connectivity index (χ0v) is 44.8. The van der Waals surface area contributed by atoms with Gasteiger partial charge in [-0.1, -0.05) is 94.3 Å². The number of fused-ring (bicyclic) bond motifs is 1. The first-order valence-corrected chi connectivity index (χ1v) is 24.7. The molecule has 5 aromatic rings. The van der Waals surface area contributed by atoms with E-state index in [1.165, 1.54) is 23.3 Å². The second-order valence-corrected chi connectivity index (χ2v) is 17.3. The van der Waals surface area contributed by atoms with E-state index in [9.17, 15) is 28.4 Å². The molecule has 6 rings (SSSR count). The van der Waals surface area contributed by atoms with Crippen molar-refractivity contribution in [1.29, 1.82) is 0 Å². The topological polar surface area (TPSA) is 260 Å². The molecule has 0 spiro atoms. The van der Waals surface area contributed by atoms with E-state index < -0.39 is 35.7 Å². The Morgan fingerprint density at radius 3 is 1.50 bits per heavy atom. The van der Waals surface area contributed by atoms with Gasteiger partial charge in [-0.25, -0.2) is 28.4 Å². The lowest BCUT2D eigenvalue weighted by Gasteiger charge is -2.09. The SMILES string of the molecule is COc1ccc(CCCOCC(=O)O)cc1OC.COc1ccccc1CCOCC(=O)O.O=C(O)COC1Cc2ccccc2C1.O=C(O)COCCc1ccc(Br)cc1.O=C(O)COCCc1ccc(F)cc1Cl. The van der Waals surface area contributed by atoms with Crippen LogP contribution >= 0.6 is 27.5 Å². The van der Waals surface area contributed by atoms with Crippen molar-refractivity contribution in [2.45, 2.75) is 51.0 Å². The lowest BCUT2D eigenvalue weighted by atomic mass is 10.1. The number of hydrogen-bond donors (Lipinski definition) is 5. The molecule has 0 atom stereocenters. The summed E-state index contributed by atoms with van der Waals surface area (Å²) in [5.41, 5.74) is 6.56. The molecule has 0 aliphatic heterocycles. The van der Waals surface area contributed by atoms with E-state index in [4.69, 9.17) is 75.0 Å². The van der Waals surface area contributed by atoms with Gasteiger partial charge in [-0.15, -0.1) is 0 Å². The van der Waals surface area contributed by atoms with Crippen LogP contribution in [-0.2, 0) is 86.2 Å². The van der Waals surface area contributed by atoms with Gasteiger partial charge in [0.05, 0.1) is 47.3 Å². The highest BCUT2D eigenvalue weighted by Crippen LogP contribution is 2.28. The van der Waals surface area contributed by atoms with Crippen LogP contribution in [0.3, 0.4) is 0 Å². The summed E-state index contributed by atoms with van der Waals surface area (Å²) in [4.78, 5) is 51.0. The molecule has 414 valence electrons. The third-order valence-electron chi connectivity index (χ3n) is 10.2. The number of hydrogen-bond acceptors (Lipinski definition) is 13. The molecular formula is C55H65BrClFO18. The van der Waals surface area contributed by atoms with Gasteiger partial charge in [0, 0.05) is 16.1 Å². The summed E-state index contributed by atoms with van der Waals surface area (Å²) >= 11 is 9.10. The highest BCUT2D eigenvalue weighted by molar-refractivity contribution is 9.10. The molecule has 0 heterocycles. The van der Waals surface area contributed by atoms with Gasteiger partial charge in [-0.2, -0.15) is 0 Å². The molecule has 0 saturated carbocycles. The Kier molecular flexibility index (Phi) is 33.5. The normalized spacial score (nSPS) is 11.1. The quantitative estimate of drug-likeness (QED) is 0.0308. The van der Waals surface area contributed by atoms with Crippen LogP contribution in [0.5, 0.6) is 17.2 Å². The van der Waals surface area contributed by atoms with Gasteiger partial charge >= 0.3 is 29.8 Å². The predicted octanol–water partition coefficient (Wildman–Crippen LogP) is 8.55. The lowest BCUT2D eigenvalue weighted by molar-refractivity contribution is -0.144. The number of aryl methyl sites for hydroxylation is 1. The Bertz CT molecular complexity index is 2490. The van der Waals surface area contributed by atoms with Crippen LogP contribution < -0.4 is 14.2 Å². The zero-order valence-electron chi connectivity index (χ0n) is 42.5. The van der Waals surface area contributed by atoms with Crippen LogP contribution in [0, 0.1) is 5.82 Å². The number of aliphatic carboxylic acids is 5. The Hall–Kier alpha value is -6.65. The first kappa shape index (κ1) is 65.5. The van der Waals surface area contributed by atoms with Crippen molar-refractivity contribution in [3.8, 4) is 17.2 Å². The Morgan fingerprint density at radius 1 is 0.513 bits per heavy atom. The Morgan fingerprint density at radius 2 is 0.987 bits per heavy atom. The van der Waals surface area contributed by atoms with E-state index in [1.54, 1.807) is 27.4 Å². The van der Waals surface area contributed by atoms with E-state index in [0.717, 1.165) is 64.6 Å². The third-order valence-corrected chi connectivity index (χ3v) is 11.1. The number of para-hydroxylation sites is 1. The van der Waals surface area contributed by atoms with Crippen LogP contribution in [-0.4, -0.2) is 142 Å². The standard InChI is InChI=1S/C13H18O5.C11H14O4.C11H12O3.C10H11BrO3.C10H10ClFO3/c1-16-11-6-5-10(8-12(11)17-2)4-3-7-18-9-13(14)15;1-14-10-5-3-2-4-9(10)6-7-15-8-11(12)13;12-11(13)7-14-10-5-8-3-1-2-4-9(8)6-10;11-9-3-1-8(2-4-9)5-6-14-7-10(12)13;11-9-5-8(12)2-1-7(9)3-4-15-6-10(13)14/h5-6,8H,3-4,7,9H2,1-2H3,(H,14,15);2-5H,6-8H2,1H3,(H,12,13);1-4,10H,5-7H2,(H,12,13);1-4H,5-7H2,(H,12,13);1-2,5H,3-4,6H2,(H,13,14). The summed E-state index contributed by atoms with van der Waals surface area (Å²) in [5.74, 6) is -2.94. The third kappa shape index (κ3) is 30.0. The van der Waals surface area contributed by atoms with Crippen molar-refractivity contribution in [2.75, 3.05) is 80.8 Å². The van der Waals surface area contributed by atoms with Crippen LogP contribution in [0.15, 0.2) is 114 Å². The molecule has 1 aliphatic rings. The molecular weight excluding hydrogens is 1080 g/mol. The molecule has 0 amide bonds. The molecule has 0 bridgehead atoms. The fraction of sp³-hybridized carbons (Fsp3) is 0.364. The number of methoxy groups -OCH3 is 3. The van der Waals surface area contributed by atoms with Crippen molar-refractivity contribution in [3.05, 3.63) is 158 Å². The van der Waals surface area contributed by atoms with Gasteiger partial charge in [0.25, 0.3) is 0 Å². The number of carbonyl (C=O) groups is 5. The molecule has 5 N–H and O–H groups in total. The van der Waals surface area contributed by atoms with Crippen molar-refractivity contribution in [3.63, 3.8) is 0 Å². The fourth-order valence-electron chi connectivity index (χ4n) is 6.72. The number of ether oxygens (including phenoxy) is 8. The molecule has 0 unspecified atom stereocenters. The van der Waals surface area contributed by atoms with Gasteiger partial charge < -0.3 is 63.4 Å². The van der Waals surface area contributed by atoms with E-state index in [0.29, 0.717) is 49.2 Å². The first-order valence-electron chi connectivity index (χ1n) is 23.5. The first-order chi connectivity index (χ1) is 36.4. The van der Waals surface area contributed by atoms with Gasteiger partial charge in [-0.05, 0) is 121 Å². The average molecular weight is 1150 g/mol. The summed E-state index contributed by atoms with van der Waals surface area (Å²) in [7, 11) is 4.80. The molecule has 1 aliphatic carbocycles. The van der Waals surface area contributed by atoms with Crippen molar-refractivity contribution in [2.24, 2.45) is 0 Å². The van der Waals surface area contributed by atoms with Crippen LogP contribution in [0.1, 0.15) is 39.8 Å². The van der Waals surface area contributed by atoms with Gasteiger partial charge in [0.15, 0.2) is 11.5 Å². The molecule has 5 aromatic carbocycles. The molecule has 0 saturated heterocycles. The second-order valence-electron chi connectivity index (χ2n) is 16.0. The lowest BCUT2D eigenvalue weighted by Crippen LogP contribution is -2.18. The molecule has 0 fully saturated rings. The average Bonchev–Trinajstić information content (AvgIpc) is 3.82. The number of carboxylic acid groups (broad SMARTS) is 5. The van der Waals surface area contributed by atoms with Gasteiger partial charge in [0.2, 0.25) is 0 Å². The van der Waals surface area contributed by atoms with E-state index in [1.807, 2.05) is 78.9 Å². The van der Waals surface area contributed by atoms with Crippen molar-refractivity contribution < 1.29 is 91.8 Å². The Labute approximate surface area is 454 Å². The predicted molar refractivity (Wildman–Crippen MR) is 283 cm³/mol. The number of carboxylic acids is 5. The largest absolute Gasteiger partial charge is 0.496 e. The Balaban J connectivity index is 0.000000326. The summed E-state index contributed by atoms with van der Waals surface area (Å²) in [6.45, 7) is 0.244. The maximum absolute atomic E-state index is 12.6. The molecule has 21 heteroatoms. The number of halogens is 3. The number of benzene rings is 5. The van der Waals surface area contributed by atoms with Crippen LogP contribution in [0.2, 0.25) is 5.02 Å². The smallest absolute Gasteiger partial charge is 0.329 e. The highest BCUT2D eigenvalue weighted by Gasteiger charge is 2.22. The highest BCUT2D eigenvalue weighted by atomic mass is 79.9. The fourth-order valence-corrected chi connectivity index (χ4v) is 7.24.